The topological polar surface area (TPSA) is 12.0 Å². The quantitative estimate of drug-likeness (QED) is 0.650. The maximum absolute atomic E-state index is 13.5. The maximum Gasteiger partial charge on any atom is 0.160 e. The molecule has 0 aromatic heterocycles. The van der Waals surface area contributed by atoms with Gasteiger partial charge in [0.15, 0.2) is 5.82 Å². The van der Waals surface area contributed by atoms with Crippen LogP contribution in [0.1, 0.15) is 42.9 Å². The molecule has 2 aromatic rings. The van der Waals surface area contributed by atoms with Crippen LogP contribution in [0.2, 0.25) is 10.0 Å². The van der Waals surface area contributed by atoms with Crippen molar-refractivity contribution in [2.45, 2.75) is 31.7 Å². The lowest BCUT2D eigenvalue weighted by Gasteiger charge is -2.31. The first-order chi connectivity index (χ1) is 10.1. The van der Waals surface area contributed by atoms with Gasteiger partial charge in [-0.15, -0.1) is 0 Å². The van der Waals surface area contributed by atoms with Gasteiger partial charge in [-0.2, -0.15) is 0 Å². The fraction of sp³-hybridized carbons (Fsp3) is 0.294. The lowest BCUT2D eigenvalue weighted by Crippen LogP contribution is -2.19. The number of halogens is 3. The fourth-order valence-corrected chi connectivity index (χ4v) is 3.48. The van der Waals surface area contributed by atoms with Gasteiger partial charge in [-0.25, -0.2) is 4.39 Å². The SMILES string of the molecule is CC1CCC(Nc2cc(Cl)c(F)c(Cl)c2)c2ccccc21. The molecule has 4 heteroatoms. The van der Waals surface area contributed by atoms with Gasteiger partial charge >= 0.3 is 0 Å². The molecule has 1 aliphatic rings. The molecule has 110 valence electrons. The smallest absolute Gasteiger partial charge is 0.160 e. The third kappa shape index (κ3) is 2.88. The second kappa shape index (κ2) is 5.86. The molecule has 2 atom stereocenters. The normalized spacial score (nSPS) is 21.0. The maximum atomic E-state index is 13.5. The first kappa shape index (κ1) is 14.7. The molecule has 0 spiro atoms. The summed E-state index contributed by atoms with van der Waals surface area (Å²) in [4.78, 5) is 0. The molecule has 1 nitrogen and oxygen atoms in total. The molecule has 0 aliphatic heterocycles. The minimum absolute atomic E-state index is 0.0439. The van der Waals surface area contributed by atoms with E-state index >= 15 is 0 Å². The molecule has 1 N–H and O–H groups in total. The van der Waals surface area contributed by atoms with Crippen molar-refractivity contribution >= 4 is 28.9 Å². The molecule has 3 rings (SSSR count). The second-order valence-corrected chi connectivity index (χ2v) is 6.37. The molecule has 1 aliphatic carbocycles. The zero-order valence-electron chi connectivity index (χ0n) is 11.7. The Morgan fingerprint density at radius 2 is 1.67 bits per heavy atom. The van der Waals surface area contributed by atoms with Crippen LogP contribution in [0.25, 0.3) is 0 Å². The highest BCUT2D eigenvalue weighted by molar-refractivity contribution is 6.35. The van der Waals surface area contributed by atoms with Crippen LogP contribution >= 0.6 is 23.2 Å². The van der Waals surface area contributed by atoms with Crippen molar-refractivity contribution < 1.29 is 4.39 Å². The third-order valence-electron chi connectivity index (χ3n) is 4.12. The predicted molar refractivity (Wildman–Crippen MR) is 86.9 cm³/mol. The van der Waals surface area contributed by atoms with Crippen molar-refractivity contribution in [2.24, 2.45) is 0 Å². The molecule has 0 bridgehead atoms. The largest absolute Gasteiger partial charge is 0.378 e. The molecule has 0 radical (unpaired) electrons. The highest BCUT2D eigenvalue weighted by Crippen LogP contribution is 2.39. The van der Waals surface area contributed by atoms with Crippen LogP contribution in [0.5, 0.6) is 0 Å². The third-order valence-corrected chi connectivity index (χ3v) is 4.67. The number of hydrogen-bond donors (Lipinski definition) is 1. The van der Waals surface area contributed by atoms with Crippen molar-refractivity contribution in [3.63, 3.8) is 0 Å². The van der Waals surface area contributed by atoms with Gasteiger partial charge in [-0.1, -0.05) is 54.4 Å². The van der Waals surface area contributed by atoms with Gasteiger partial charge in [0.1, 0.15) is 0 Å². The van der Waals surface area contributed by atoms with E-state index in [1.807, 2.05) is 0 Å². The summed E-state index contributed by atoms with van der Waals surface area (Å²) in [5.41, 5.74) is 3.43. The van der Waals surface area contributed by atoms with E-state index in [0.717, 1.165) is 18.5 Å². The Labute approximate surface area is 134 Å². The first-order valence-corrected chi connectivity index (χ1v) is 7.81. The van der Waals surface area contributed by atoms with E-state index in [0.29, 0.717) is 5.92 Å². The summed E-state index contributed by atoms with van der Waals surface area (Å²) in [5.74, 6) is 0.00111. The summed E-state index contributed by atoms with van der Waals surface area (Å²) in [6, 6.07) is 11.8. The van der Waals surface area contributed by atoms with Gasteiger partial charge in [-0.05, 0) is 42.0 Å². The molecule has 2 unspecified atom stereocenters. The van der Waals surface area contributed by atoms with E-state index in [1.165, 1.54) is 11.1 Å². The van der Waals surface area contributed by atoms with E-state index in [-0.39, 0.29) is 16.1 Å². The molecule has 0 fully saturated rings. The van der Waals surface area contributed by atoms with E-state index in [2.05, 4.69) is 36.5 Å². The van der Waals surface area contributed by atoms with E-state index in [4.69, 9.17) is 23.2 Å². The molecule has 0 saturated heterocycles. The highest BCUT2D eigenvalue weighted by Gasteiger charge is 2.24. The molecule has 21 heavy (non-hydrogen) atoms. The summed E-state index contributed by atoms with van der Waals surface area (Å²) in [7, 11) is 0. The summed E-state index contributed by atoms with van der Waals surface area (Å²) in [5, 5.41) is 3.52. The van der Waals surface area contributed by atoms with Crippen LogP contribution in [0.15, 0.2) is 36.4 Å². The Balaban J connectivity index is 1.91. The fourth-order valence-electron chi connectivity index (χ4n) is 2.99. The van der Waals surface area contributed by atoms with Gasteiger partial charge in [0.05, 0.1) is 16.1 Å². The monoisotopic (exact) mass is 323 g/mol. The average molecular weight is 324 g/mol. The zero-order chi connectivity index (χ0) is 15.0. The van der Waals surface area contributed by atoms with E-state index < -0.39 is 5.82 Å². The number of benzene rings is 2. The minimum Gasteiger partial charge on any atom is -0.378 e. The first-order valence-electron chi connectivity index (χ1n) is 7.06. The van der Waals surface area contributed by atoms with Crippen molar-refractivity contribution in [1.82, 2.24) is 0 Å². The Kier molecular flexibility index (Phi) is 4.10. The lowest BCUT2D eigenvalue weighted by atomic mass is 9.81. The van der Waals surface area contributed by atoms with Crippen LogP contribution in [0.3, 0.4) is 0 Å². The van der Waals surface area contributed by atoms with E-state index in [9.17, 15) is 4.39 Å². The lowest BCUT2D eigenvalue weighted by molar-refractivity contribution is 0.534. The summed E-state index contributed by atoms with van der Waals surface area (Å²) < 4.78 is 13.5. The second-order valence-electron chi connectivity index (χ2n) is 5.56. The summed E-state index contributed by atoms with van der Waals surface area (Å²) in [6.45, 7) is 2.25. The Hall–Kier alpha value is -1.25. The van der Waals surface area contributed by atoms with Gasteiger partial charge in [0.25, 0.3) is 0 Å². The van der Waals surface area contributed by atoms with Crippen LogP contribution in [0.4, 0.5) is 10.1 Å². The Morgan fingerprint density at radius 3 is 2.33 bits per heavy atom. The Bertz CT molecular complexity index is 649. The standard InChI is InChI=1S/C17H16Cl2FN/c1-10-6-7-16(13-5-3-2-4-12(10)13)21-11-8-14(18)17(20)15(19)9-11/h2-5,8-10,16,21H,6-7H2,1H3. The van der Waals surface area contributed by atoms with E-state index in [1.54, 1.807) is 12.1 Å². The van der Waals surface area contributed by atoms with Crippen molar-refractivity contribution in [3.05, 3.63) is 63.4 Å². The number of anilines is 1. The predicted octanol–water partition coefficient (Wildman–Crippen LogP) is 6.18. The van der Waals surface area contributed by atoms with Gasteiger partial charge in [-0.3, -0.25) is 0 Å². The number of hydrogen-bond acceptors (Lipinski definition) is 1. The Morgan fingerprint density at radius 1 is 1.05 bits per heavy atom. The summed E-state index contributed by atoms with van der Waals surface area (Å²) in [6.07, 6.45) is 2.15. The van der Waals surface area contributed by atoms with Crippen molar-refractivity contribution in [1.29, 1.82) is 0 Å². The number of nitrogens with one attached hydrogen (secondary N) is 1. The van der Waals surface area contributed by atoms with Crippen LogP contribution in [-0.4, -0.2) is 0 Å². The zero-order valence-corrected chi connectivity index (χ0v) is 13.2. The van der Waals surface area contributed by atoms with Crippen molar-refractivity contribution in [2.75, 3.05) is 5.32 Å². The molecule has 0 heterocycles. The average Bonchev–Trinajstić information content (AvgIpc) is 2.48. The van der Waals surface area contributed by atoms with Crippen LogP contribution in [0, 0.1) is 5.82 Å². The van der Waals surface area contributed by atoms with Gasteiger partial charge in [0.2, 0.25) is 0 Å². The number of fused-ring (bicyclic) bond motifs is 1. The molecular formula is C17H16Cl2FN. The molecule has 0 amide bonds. The molecular weight excluding hydrogens is 308 g/mol. The van der Waals surface area contributed by atoms with Gasteiger partial charge < -0.3 is 5.32 Å². The van der Waals surface area contributed by atoms with Crippen LogP contribution < -0.4 is 5.32 Å². The minimum atomic E-state index is -0.568. The summed E-state index contributed by atoms with van der Waals surface area (Å²) >= 11 is 11.7. The van der Waals surface area contributed by atoms with Crippen molar-refractivity contribution in [3.8, 4) is 0 Å². The molecule has 0 saturated carbocycles. The van der Waals surface area contributed by atoms with Gasteiger partial charge in [0, 0.05) is 5.69 Å². The molecule has 2 aromatic carbocycles. The number of rotatable bonds is 2. The van der Waals surface area contributed by atoms with Crippen LogP contribution in [-0.2, 0) is 0 Å². The highest BCUT2D eigenvalue weighted by atomic mass is 35.5.